The van der Waals surface area contributed by atoms with Crippen LogP contribution in [0.3, 0.4) is 0 Å². The Morgan fingerprint density at radius 1 is 1.30 bits per heavy atom. The summed E-state index contributed by atoms with van der Waals surface area (Å²) in [6.07, 6.45) is 0. The summed E-state index contributed by atoms with van der Waals surface area (Å²) in [5, 5.41) is 1.93. The van der Waals surface area contributed by atoms with Crippen molar-refractivity contribution in [3.05, 3.63) is 45.6 Å². The van der Waals surface area contributed by atoms with Crippen LogP contribution in [-0.2, 0) is 16.6 Å². The first-order valence-corrected chi connectivity index (χ1v) is 10.0. The van der Waals surface area contributed by atoms with Crippen LogP contribution in [0.1, 0.15) is 42.7 Å². The second-order valence-corrected chi connectivity index (χ2v) is 8.41. The first-order valence-electron chi connectivity index (χ1n) is 7.64. The molecule has 0 saturated carbocycles. The molecule has 2 rings (SSSR count). The highest BCUT2D eigenvalue weighted by molar-refractivity contribution is 7.89. The van der Waals surface area contributed by atoms with E-state index in [0.717, 1.165) is 16.2 Å². The van der Waals surface area contributed by atoms with Crippen LogP contribution in [-0.4, -0.2) is 15.0 Å². The molecular weight excluding hydrogens is 330 g/mol. The van der Waals surface area contributed by atoms with Gasteiger partial charge in [0.2, 0.25) is 10.0 Å². The SMILES string of the molecule is CCOc1cc(C)c(S(=O)(=O)NCc2cccs2)cc1C(C)C. The Balaban J connectivity index is 2.35. The summed E-state index contributed by atoms with van der Waals surface area (Å²) in [6, 6.07) is 7.38. The standard InChI is InChI=1S/C17H23NO3S2/c1-5-21-16-9-13(4)17(10-15(16)12(2)3)23(19,20)18-11-14-7-6-8-22-14/h6-10,12,18H,5,11H2,1-4H3. The van der Waals surface area contributed by atoms with Crippen LogP contribution in [0.15, 0.2) is 34.5 Å². The summed E-state index contributed by atoms with van der Waals surface area (Å²) in [5.74, 6) is 0.945. The lowest BCUT2D eigenvalue weighted by atomic mass is 10.0. The Morgan fingerprint density at radius 3 is 2.61 bits per heavy atom. The van der Waals surface area contributed by atoms with Crippen molar-refractivity contribution in [3.63, 3.8) is 0 Å². The maximum atomic E-state index is 12.6. The minimum Gasteiger partial charge on any atom is -0.494 e. The van der Waals surface area contributed by atoms with Crippen LogP contribution >= 0.6 is 11.3 Å². The van der Waals surface area contributed by atoms with E-state index in [9.17, 15) is 8.42 Å². The number of nitrogens with one attached hydrogen (secondary N) is 1. The Labute approximate surface area is 142 Å². The molecule has 0 aliphatic carbocycles. The van der Waals surface area contributed by atoms with Crippen LogP contribution in [0.4, 0.5) is 0 Å². The van der Waals surface area contributed by atoms with Crippen molar-refractivity contribution in [2.75, 3.05) is 6.61 Å². The molecule has 1 aromatic carbocycles. The van der Waals surface area contributed by atoms with Crippen molar-refractivity contribution in [2.24, 2.45) is 0 Å². The molecule has 126 valence electrons. The van der Waals surface area contributed by atoms with Gasteiger partial charge < -0.3 is 4.74 Å². The molecule has 1 heterocycles. The summed E-state index contributed by atoms with van der Waals surface area (Å²) in [7, 11) is -3.55. The molecular formula is C17H23NO3S2. The molecule has 1 aromatic heterocycles. The van der Waals surface area contributed by atoms with Gasteiger partial charge in [0, 0.05) is 11.4 Å². The molecule has 0 atom stereocenters. The maximum absolute atomic E-state index is 12.6. The zero-order chi connectivity index (χ0) is 17.0. The Hall–Kier alpha value is -1.37. The van der Waals surface area contributed by atoms with E-state index in [2.05, 4.69) is 4.72 Å². The Morgan fingerprint density at radius 2 is 2.04 bits per heavy atom. The van der Waals surface area contributed by atoms with Gasteiger partial charge in [0.15, 0.2) is 0 Å². The second-order valence-electron chi connectivity index (χ2n) is 5.65. The largest absolute Gasteiger partial charge is 0.494 e. The molecule has 0 saturated heterocycles. The first kappa shape index (κ1) is 18.0. The van der Waals surface area contributed by atoms with E-state index in [1.807, 2.05) is 44.4 Å². The van der Waals surface area contributed by atoms with Gasteiger partial charge in [0.25, 0.3) is 0 Å². The van der Waals surface area contributed by atoms with E-state index in [-0.39, 0.29) is 5.92 Å². The molecule has 2 aromatic rings. The number of benzene rings is 1. The fourth-order valence-corrected chi connectivity index (χ4v) is 4.36. The lowest BCUT2D eigenvalue weighted by Crippen LogP contribution is -2.24. The fourth-order valence-electron chi connectivity index (χ4n) is 2.36. The highest BCUT2D eigenvalue weighted by Gasteiger charge is 2.21. The molecule has 0 radical (unpaired) electrons. The molecule has 0 aliphatic heterocycles. The fraction of sp³-hybridized carbons (Fsp3) is 0.412. The highest BCUT2D eigenvalue weighted by atomic mass is 32.2. The summed E-state index contributed by atoms with van der Waals surface area (Å²) in [4.78, 5) is 1.31. The van der Waals surface area contributed by atoms with Crippen LogP contribution in [0.2, 0.25) is 0 Å². The van der Waals surface area contributed by atoms with Crippen molar-refractivity contribution in [3.8, 4) is 5.75 Å². The van der Waals surface area contributed by atoms with Crippen molar-refractivity contribution >= 4 is 21.4 Å². The summed E-state index contributed by atoms with van der Waals surface area (Å²) in [5.41, 5.74) is 1.60. The van der Waals surface area contributed by atoms with Crippen molar-refractivity contribution in [1.29, 1.82) is 0 Å². The number of sulfonamides is 1. The normalized spacial score (nSPS) is 11.9. The lowest BCUT2D eigenvalue weighted by molar-refractivity contribution is 0.334. The maximum Gasteiger partial charge on any atom is 0.241 e. The molecule has 6 heteroatoms. The molecule has 1 N–H and O–H groups in total. The molecule has 0 fully saturated rings. The molecule has 4 nitrogen and oxygen atoms in total. The van der Waals surface area contributed by atoms with E-state index in [0.29, 0.717) is 23.6 Å². The predicted octanol–water partition coefficient (Wildman–Crippen LogP) is 4.06. The number of hydrogen-bond acceptors (Lipinski definition) is 4. The quantitative estimate of drug-likeness (QED) is 0.817. The molecule has 23 heavy (non-hydrogen) atoms. The van der Waals surface area contributed by atoms with Gasteiger partial charge in [-0.05, 0) is 54.5 Å². The number of ether oxygens (including phenoxy) is 1. The third-order valence-electron chi connectivity index (χ3n) is 3.54. The topological polar surface area (TPSA) is 55.4 Å². The van der Waals surface area contributed by atoms with E-state index in [1.54, 1.807) is 13.0 Å². The summed E-state index contributed by atoms with van der Waals surface area (Å²) < 4.78 is 33.6. The minimum absolute atomic E-state index is 0.184. The van der Waals surface area contributed by atoms with Gasteiger partial charge in [-0.2, -0.15) is 0 Å². The van der Waals surface area contributed by atoms with Crippen molar-refractivity contribution in [2.45, 2.75) is 45.1 Å². The number of aryl methyl sites for hydroxylation is 1. The minimum atomic E-state index is -3.55. The van der Waals surface area contributed by atoms with Crippen LogP contribution in [0.5, 0.6) is 5.75 Å². The molecule has 0 bridgehead atoms. The molecule has 0 amide bonds. The zero-order valence-corrected chi connectivity index (χ0v) is 15.6. The predicted molar refractivity (Wildman–Crippen MR) is 94.8 cm³/mol. The van der Waals surface area contributed by atoms with Gasteiger partial charge in [0.05, 0.1) is 11.5 Å². The third kappa shape index (κ3) is 4.34. The van der Waals surface area contributed by atoms with Crippen molar-refractivity contribution in [1.82, 2.24) is 4.72 Å². The lowest BCUT2D eigenvalue weighted by Gasteiger charge is -2.17. The third-order valence-corrected chi connectivity index (χ3v) is 5.95. The van der Waals surface area contributed by atoms with E-state index in [1.165, 1.54) is 11.3 Å². The average Bonchev–Trinajstić information content (AvgIpc) is 2.98. The van der Waals surface area contributed by atoms with Gasteiger partial charge in [-0.15, -0.1) is 11.3 Å². The van der Waals surface area contributed by atoms with Gasteiger partial charge in [0.1, 0.15) is 5.75 Å². The Bertz CT molecular complexity index is 750. The van der Waals surface area contributed by atoms with E-state index in [4.69, 9.17) is 4.74 Å². The smallest absolute Gasteiger partial charge is 0.241 e. The molecule has 0 aliphatic rings. The van der Waals surface area contributed by atoms with Gasteiger partial charge in [-0.25, -0.2) is 13.1 Å². The van der Waals surface area contributed by atoms with Crippen LogP contribution in [0.25, 0.3) is 0 Å². The molecule has 0 unspecified atom stereocenters. The first-order chi connectivity index (χ1) is 10.8. The van der Waals surface area contributed by atoms with Crippen LogP contribution < -0.4 is 9.46 Å². The number of thiophene rings is 1. The van der Waals surface area contributed by atoms with Crippen LogP contribution in [0, 0.1) is 6.92 Å². The van der Waals surface area contributed by atoms with Crippen molar-refractivity contribution < 1.29 is 13.2 Å². The summed E-state index contributed by atoms with van der Waals surface area (Å²) >= 11 is 1.53. The van der Waals surface area contributed by atoms with Gasteiger partial charge in [-0.1, -0.05) is 19.9 Å². The highest BCUT2D eigenvalue weighted by Crippen LogP contribution is 2.31. The van der Waals surface area contributed by atoms with Gasteiger partial charge in [-0.3, -0.25) is 0 Å². The zero-order valence-electron chi connectivity index (χ0n) is 13.9. The monoisotopic (exact) mass is 353 g/mol. The average molecular weight is 354 g/mol. The second kappa shape index (κ2) is 7.47. The summed E-state index contributed by atoms with van der Waals surface area (Å²) in [6.45, 7) is 8.65. The molecule has 0 spiro atoms. The number of hydrogen-bond donors (Lipinski definition) is 1. The number of rotatable bonds is 7. The Kier molecular flexibility index (Phi) is 5.84. The van der Waals surface area contributed by atoms with E-state index >= 15 is 0 Å². The van der Waals surface area contributed by atoms with Gasteiger partial charge >= 0.3 is 0 Å². The van der Waals surface area contributed by atoms with E-state index < -0.39 is 10.0 Å².